The van der Waals surface area contributed by atoms with Gasteiger partial charge in [0.2, 0.25) is 0 Å². The van der Waals surface area contributed by atoms with Crippen LogP contribution < -0.4 is 4.90 Å². The number of anilines is 3. The van der Waals surface area contributed by atoms with Crippen molar-refractivity contribution in [1.29, 1.82) is 0 Å². The summed E-state index contributed by atoms with van der Waals surface area (Å²) in [6.07, 6.45) is 10.0. The van der Waals surface area contributed by atoms with Gasteiger partial charge in [-0.15, -0.1) is 0 Å². The van der Waals surface area contributed by atoms with E-state index < -0.39 is 0 Å². The van der Waals surface area contributed by atoms with Gasteiger partial charge in [-0.3, -0.25) is 0 Å². The molecule has 0 aromatic heterocycles. The van der Waals surface area contributed by atoms with Gasteiger partial charge in [0, 0.05) is 22.5 Å². The number of benzene rings is 7. The zero-order valence-corrected chi connectivity index (χ0v) is 31.5. The predicted octanol–water partition coefficient (Wildman–Crippen LogP) is 14.0. The Morgan fingerprint density at radius 3 is 1.65 bits per heavy atom. The molecule has 1 unspecified atom stereocenters. The van der Waals surface area contributed by atoms with Crippen LogP contribution in [0.15, 0.2) is 188 Å². The van der Waals surface area contributed by atoms with E-state index in [0.29, 0.717) is 0 Å². The summed E-state index contributed by atoms with van der Waals surface area (Å²) < 4.78 is 0. The lowest BCUT2D eigenvalue weighted by molar-refractivity contribution is 0.660. The van der Waals surface area contributed by atoms with Crippen LogP contribution in [0.3, 0.4) is 0 Å². The van der Waals surface area contributed by atoms with E-state index in [1.54, 1.807) is 0 Å². The average molecular weight is 704 g/mol. The topological polar surface area (TPSA) is 3.24 Å². The number of aryl methyl sites for hydroxylation is 1. The summed E-state index contributed by atoms with van der Waals surface area (Å²) in [4.78, 5) is 2.48. The van der Waals surface area contributed by atoms with Crippen molar-refractivity contribution in [3.05, 3.63) is 227 Å². The Hall–Kier alpha value is -6.44. The Balaban J connectivity index is 1.14. The highest BCUT2D eigenvalue weighted by Gasteiger charge is 2.52. The van der Waals surface area contributed by atoms with Crippen LogP contribution in [0.2, 0.25) is 0 Å². The number of hydrogen-bond donors (Lipinski definition) is 0. The van der Waals surface area contributed by atoms with Gasteiger partial charge in [-0.05, 0) is 128 Å². The number of nitrogens with zero attached hydrogens (tertiary/aromatic N) is 1. The van der Waals surface area contributed by atoms with Crippen molar-refractivity contribution in [2.45, 2.75) is 38.0 Å². The van der Waals surface area contributed by atoms with Crippen LogP contribution in [0.25, 0.3) is 39.0 Å². The second-order valence-corrected chi connectivity index (χ2v) is 16.1. The maximum atomic E-state index is 2.52. The molecule has 0 heterocycles. The summed E-state index contributed by atoms with van der Waals surface area (Å²) in [6.45, 7) is 6.89. The second kappa shape index (κ2) is 11.8. The summed E-state index contributed by atoms with van der Waals surface area (Å²) in [5.74, 6) is 0. The van der Waals surface area contributed by atoms with Crippen LogP contribution in [-0.2, 0) is 10.8 Å². The van der Waals surface area contributed by atoms with Gasteiger partial charge < -0.3 is 4.90 Å². The number of fused-ring (bicyclic) bond motifs is 12. The SMILES string of the molecule is Cc1ccc(-c2ccc(N(c3ccc4c(c3)C(C)(C)c3ccccc3-4)c3ccc4c(c3)C3(C5=C(C=CC=CC5)c5ccccc53)c3ccccc3-4)cc2)cc1. The minimum absolute atomic E-state index is 0.108. The molecular formula is C54H41N. The van der Waals surface area contributed by atoms with Gasteiger partial charge in [-0.2, -0.15) is 0 Å². The molecule has 1 nitrogen and oxygen atoms in total. The van der Waals surface area contributed by atoms with E-state index in [4.69, 9.17) is 0 Å². The van der Waals surface area contributed by atoms with E-state index in [2.05, 4.69) is 208 Å². The van der Waals surface area contributed by atoms with E-state index >= 15 is 0 Å². The fraction of sp³-hybridized carbons (Fsp3) is 0.111. The molecule has 0 saturated carbocycles. The zero-order valence-electron chi connectivity index (χ0n) is 31.5. The van der Waals surface area contributed by atoms with Crippen molar-refractivity contribution in [1.82, 2.24) is 0 Å². The quantitative estimate of drug-likeness (QED) is 0.176. The predicted molar refractivity (Wildman–Crippen MR) is 230 cm³/mol. The summed E-state index contributed by atoms with van der Waals surface area (Å²) in [6, 6.07) is 59.5. The van der Waals surface area contributed by atoms with E-state index in [1.807, 2.05) is 0 Å². The van der Waals surface area contributed by atoms with Crippen LogP contribution in [0, 0.1) is 6.92 Å². The molecule has 0 bridgehead atoms. The lowest BCUT2D eigenvalue weighted by Gasteiger charge is -2.34. The third-order valence-corrected chi connectivity index (χ3v) is 12.9. The third kappa shape index (κ3) is 4.47. The van der Waals surface area contributed by atoms with Gasteiger partial charge in [0.15, 0.2) is 0 Å². The Morgan fingerprint density at radius 2 is 0.964 bits per heavy atom. The standard InChI is InChI=1S/C54H41N/c1-35-21-23-36(24-22-35)37-25-27-38(28-26-37)55(39-29-31-45-41-14-7-10-17-47(41)53(2,3)51(45)33-39)40-30-32-46-44-16-9-12-20-50(44)54(52(46)34-40)48-18-6-4-5-13-42(48)43-15-8-11-19-49(43)54/h4-17,19-34H,18H2,1-3H3. The third-order valence-electron chi connectivity index (χ3n) is 12.9. The van der Waals surface area contributed by atoms with Crippen molar-refractivity contribution in [2.24, 2.45) is 0 Å². The minimum Gasteiger partial charge on any atom is -0.310 e. The molecule has 7 aromatic carbocycles. The van der Waals surface area contributed by atoms with Gasteiger partial charge in [0.1, 0.15) is 0 Å². The number of rotatable bonds is 4. The molecule has 262 valence electrons. The Labute approximate surface area is 324 Å². The van der Waals surface area contributed by atoms with Crippen molar-refractivity contribution in [2.75, 3.05) is 4.90 Å². The molecule has 0 saturated heterocycles. The van der Waals surface area contributed by atoms with Crippen LogP contribution in [-0.4, -0.2) is 0 Å². The van der Waals surface area contributed by atoms with Crippen LogP contribution in [0.1, 0.15) is 59.2 Å². The molecule has 4 aliphatic carbocycles. The summed E-state index contributed by atoms with van der Waals surface area (Å²) in [7, 11) is 0. The molecule has 55 heavy (non-hydrogen) atoms. The molecule has 0 aliphatic heterocycles. The van der Waals surface area contributed by atoms with Crippen molar-refractivity contribution in [3.8, 4) is 33.4 Å². The second-order valence-electron chi connectivity index (χ2n) is 16.1. The Bertz CT molecular complexity index is 2810. The smallest absolute Gasteiger partial charge is 0.0692 e. The van der Waals surface area contributed by atoms with Gasteiger partial charge in [0.25, 0.3) is 0 Å². The van der Waals surface area contributed by atoms with Crippen molar-refractivity contribution in [3.63, 3.8) is 0 Å². The van der Waals surface area contributed by atoms with E-state index in [1.165, 1.54) is 89.2 Å². The number of hydrogen-bond acceptors (Lipinski definition) is 1. The van der Waals surface area contributed by atoms with Gasteiger partial charge in [-0.25, -0.2) is 0 Å². The highest BCUT2D eigenvalue weighted by molar-refractivity contribution is 5.98. The molecular weight excluding hydrogens is 663 g/mol. The van der Waals surface area contributed by atoms with Gasteiger partial charge >= 0.3 is 0 Å². The normalized spacial score (nSPS) is 17.7. The highest BCUT2D eigenvalue weighted by atomic mass is 15.1. The van der Waals surface area contributed by atoms with Gasteiger partial charge in [0.05, 0.1) is 5.41 Å². The molecule has 0 amide bonds. The molecule has 0 fully saturated rings. The molecule has 0 radical (unpaired) electrons. The van der Waals surface area contributed by atoms with Crippen LogP contribution in [0.5, 0.6) is 0 Å². The molecule has 1 atom stereocenters. The molecule has 4 aliphatic rings. The van der Waals surface area contributed by atoms with E-state index in [0.717, 1.165) is 17.8 Å². The molecule has 1 heteroatoms. The lowest BCUT2D eigenvalue weighted by Crippen LogP contribution is -2.27. The zero-order chi connectivity index (χ0) is 36.9. The van der Waals surface area contributed by atoms with Crippen molar-refractivity contribution < 1.29 is 0 Å². The highest BCUT2D eigenvalue weighted by Crippen LogP contribution is 2.63. The minimum atomic E-state index is -0.380. The molecule has 1 spiro atoms. The van der Waals surface area contributed by atoms with E-state index in [-0.39, 0.29) is 10.8 Å². The largest absolute Gasteiger partial charge is 0.310 e. The fourth-order valence-electron chi connectivity index (χ4n) is 10.3. The summed E-state index contributed by atoms with van der Waals surface area (Å²) in [5, 5.41) is 0. The first-order valence-corrected chi connectivity index (χ1v) is 19.6. The first kappa shape index (κ1) is 32.0. The van der Waals surface area contributed by atoms with Crippen molar-refractivity contribution >= 4 is 22.6 Å². The first-order chi connectivity index (χ1) is 26.9. The monoisotopic (exact) mass is 703 g/mol. The number of allylic oxidation sites excluding steroid dienone is 6. The van der Waals surface area contributed by atoms with Crippen LogP contribution in [0.4, 0.5) is 17.1 Å². The van der Waals surface area contributed by atoms with Crippen LogP contribution >= 0.6 is 0 Å². The maximum Gasteiger partial charge on any atom is 0.0692 e. The Kier molecular flexibility index (Phi) is 6.86. The Morgan fingerprint density at radius 1 is 0.455 bits per heavy atom. The van der Waals surface area contributed by atoms with Gasteiger partial charge in [-0.1, -0.05) is 165 Å². The lowest BCUT2D eigenvalue weighted by atomic mass is 9.68. The first-order valence-electron chi connectivity index (χ1n) is 19.6. The molecule has 0 N–H and O–H groups in total. The van der Waals surface area contributed by atoms with E-state index in [9.17, 15) is 0 Å². The summed E-state index contributed by atoms with van der Waals surface area (Å²) >= 11 is 0. The average Bonchev–Trinajstić information content (AvgIpc) is 3.64. The fourth-order valence-corrected chi connectivity index (χ4v) is 10.3. The summed E-state index contributed by atoms with van der Waals surface area (Å²) in [5.41, 5.74) is 23.1. The maximum absolute atomic E-state index is 2.52. The molecule has 7 aromatic rings. The molecule has 11 rings (SSSR count).